The zero-order chi connectivity index (χ0) is 11.1. The predicted molar refractivity (Wildman–Crippen MR) is 63.0 cm³/mol. The predicted octanol–water partition coefficient (Wildman–Crippen LogP) is 2.40. The van der Waals surface area contributed by atoms with Gasteiger partial charge in [-0.2, -0.15) is 0 Å². The molecule has 2 heterocycles. The Morgan fingerprint density at radius 3 is 2.94 bits per heavy atom. The average molecular weight is 216 g/mol. The standard InChI is InChI=1S/C13H16N2O/c1-2-9-15-12(5-1)6-3-8-14-11-13-7-4-10-16-13/h1-2,4-5,7,9-10,14H,3,6,8,11H2. The van der Waals surface area contributed by atoms with Gasteiger partial charge in [0.15, 0.2) is 0 Å². The topological polar surface area (TPSA) is 38.1 Å². The Morgan fingerprint density at radius 1 is 1.19 bits per heavy atom. The van der Waals surface area contributed by atoms with Crippen LogP contribution in [0.3, 0.4) is 0 Å². The number of aryl methyl sites for hydroxylation is 1. The Balaban J connectivity index is 1.59. The molecular formula is C13H16N2O. The Bertz CT molecular complexity index is 384. The molecule has 0 saturated heterocycles. The maximum atomic E-state index is 5.22. The molecule has 0 aliphatic heterocycles. The van der Waals surface area contributed by atoms with Crippen molar-refractivity contribution in [3.63, 3.8) is 0 Å². The molecule has 2 aromatic heterocycles. The Hall–Kier alpha value is -1.61. The fourth-order valence-electron chi connectivity index (χ4n) is 1.57. The number of nitrogens with zero attached hydrogens (tertiary/aromatic N) is 1. The Morgan fingerprint density at radius 2 is 2.19 bits per heavy atom. The van der Waals surface area contributed by atoms with Gasteiger partial charge in [-0.05, 0) is 43.7 Å². The molecule has 0 spiro atoms. The molecule has 3 heteroatoms. The third-order valence-electron chi connectivity index (χ3n) is 2.39. The Kier molecular flexibility index (Phi) is 4.14. The van der Waals surface area contributed by atoms with Crippen LogP contribution in [0.5, 0.6) is 0 Å². The van der Waals surface area contributed by atoms with Gasteiger partial charge in [0, 0.05) is 11.9 Å². The molecule has 1 N–H and O–H groups in total. The van der Waals surface area contributed by atoms with Crippen LogP contribution in [-0.2, 0) is 13.0 Å². The number of aromatic nitrogens is 1. The van der Waals surface area contributed by atoms with E-state index in [1.54, 1.807) is 6.26 Å². The molecule has 2 aromatic rings. The van der Waals surface area contributed by atoms with Crippen molar-refractivity contribution in [3.8, 4) is 0 Å². The molecule has 84 valence electrons. The van der Waals surface area contributed by atoms with Gasteiger partial charge in [0.2, 0.25) is 0 Å². The van der Waals surface area contributed by atoms with E-state index in [2.05, 4.69) is 16.4 Å². The van der Waals surface area contributed by atoms with E-state index in [1.807, 2.05) is 30.5 Å². The van der Waals surface area contributed by atoms with Crippen molar-refractivity contribution in [2.45, 2.75) is 19.4 Å². The lowest BCUT2D eigenvalue weighted by Crippen LogP contribution is -2.14. The second-order valence-electron chi connectivity index (χ2n) is 3.68. The summed E-state index contributed by atoms with van der Waals surface area (Å²) in [6, 6.07) is 9.92. The highest BCUT2D eigenvalue weighted by Crippen LogP contribution is 2.00. The van der Waals surface area contributed by atoms with Crippen LogP contribution in [0.4, 0.5) is 0 Å². The second kappa shape index (κ2) is 6.08. The summed E-state index contributed by atoms with van der Waals surface area (Å²) in [5, 5.41) is 3.34. The normalized spacial score (nSPS) is 10.5. The van der Waals surface area contributed by atoms with Crippen molar-refractivity contribution in [2.75, 3.05) is 6.54 Å². The number of pyridine rings is 1. The van der Waals surface area contributed by atoms with Crippen molar-refractivity contribution in [3.05, 3.63) is 54.2 Å². The number of rotatable bonds is 6. The van der Waals surface area contributed by atoms with Gasteiger partial charge in [-0.25, -0.2) is 0 Å². The molecule has 16 heavy (non-hydrogen) atoms. The molecule has 2 rings (SSSR count). The highest BCUT2D eigenvalue weighted by atomic mass is 16.3. The van der Waals surface area contributed by atoms with Crippen LogP contribution >= 0.6 is 0 Å². The lowest BCUT2D eigenvalue weighted by atomic mass is 10.2. The van der Waals surface area contributed by atoms with Crippen LogP contribution < -0.4 is 5.32 Å². The highest BCUT2D eigenvalue weighted by Gasteiger charge is 1.95. The first-order chi connectivity index (χ1) is 7.95. The van der Waals surface area contributed by atoms with Gasteiger partial charge >= 0.3 is 0 Å². The molecule has 0 aliphatic carbocycles. The lowest BCUT2D eigenvalue weighted by molar-refractivity contribution is 0.481. The Labute approximate surface area is 95.5 Å². The summed E-state index contributed by atoms with van der Waals surface area (Å²) in [5.74, 6) is 0.984. The molecular weight excluding hydrogens is 200 g/mol. The monoisotopic (exact) mass is 216 g/mol. The average Bonchev–Trinajstić information content (AvgIpc) is 2.83. The lowest BCUT2D eigenvalue weighted by Gasteiger charge is -2.02. The molecule has 0 amide bonds. The summed E-state index contributed by atoms with van der Waals surface area (Å²) in [7, 11) is 0. The molecule has 0 bridgehead atoms. The summed E-state index contributed by atoms with van der Waals surface area (Å²) in [5.41, 5.74) is 1.15. The van der Waals surface area contributed by atoms with E-state index in [-0.39, 0.29) is 0 Å². The van der Waals surface area contributed by atoms with Gasteiger partial charge < -0.3 is 9.73 Å². The largest absolute Gasteiger partial charge is 0.468 e. The van der Waals surface area contributed by atoms with E-state index in [9.17, 15) is 0 Å². The zero-order valence-corrected chi connectivity index (χ0v) is 9.23. The highest BCUT2D eigenvalue weighted by molar-refractivity contribution is 5.03. The molecule has 0 atom stereocenters. The smallest absolute Gasteiger partial charge is 0.117 e. The van der Waals surface area contributed by atoms with Crippen LogP contribution in [0.25, 0.3) is 0 Å². The number of hydrogen-bond acceptors (Lipinski definition) is 3. The van der Waals surface area contributed by atoms with Crippen molar-refractivity contribution in [1.82, 2.24) is 10.3 Å². The summed E-state index contributed by atoms with van der Waals surface area (Å²) in [4.78, 5) is 4.28. The minimum atomic E-state index is 0.801. The number of furan rings is 1. The van der Waals surface area contributed by atoms with Gasteiger partial charge in [0.25, 0.3) is 0 Å². The molecule has 0 aromatic carbocycles. The fourth-order valence-corrected chi connectivity index (χ4v) is 1.57. The maximum Gasteiger partial charge on any atom is 0.117 e. The third-order valence-corrected chi connectivity index (χ3v) is 2.39. The van der Waals surface area contributed by atoms with Gasteiger partial charge in [-0.1, -0.05) is 6.07 Å². The van der Waals surface area contributed by atoms with Gasteiger partial charge in [-0.15, -0.1) is 0 Å². The van der Waals surface area contributed by atoms with Crippen molar-refractivity contribution < 1.29 is 4.42 Å². The summed E-state index contributed by atoms with van der Waals surface area (Å²) >= 11 is 0. The number of nitrogens with one attached hydrogen (secondary N) is 1. The van der Waals surface area contributed by atoms with E-state index < -0.39 is 0 Å². The minimum absolute atomic E-state index is 0.801. The SMILES string of the molecule is c1ccc(CCCNCc2ccco2)nc1. The third kappa shape index (κ3) is 3.51. The van der Waals surface area contributed by atoms with Crippen LogP contribution in [0.1, 0.15) is 17.9 Å². The fraction of sp³-hybridized carbons (Fsp3) is 0.308. The minimum Gasteiger partial charge on any atom is -0.468 e. The summed E-state index contributed by atoms with van der Waals surface area (Å²) in [6.45, 7) is 1.78. The molecule has 3 nitrogen and oxygen atoms in total. The van der Waals surface area contributed by atoms with Gasteiger partial charge in [0.1, 0.15) is 5.76 Å². The first kappa shape index (κ1) is 10.9. The van der Waals surface area contributed by atoms with Crippen LogP contribution in [0.2, 0.25) is 0 Å². The van der Waals surface area contributed by atoms with Crippen molar-refractivity contribution >= 4 is 0 Å². The maximum absolute atomic E-state index is 5.22. The second-order valence-corrected chi connectivity index (χ2v) is 3.68. The summed E-state index contributed by atoms with van der Waals surface area (Å²) < 4.78 is 5.22. The molecule has 0 saturated carbocycles. The molecule has 0 radical (unpaired) electrons. The van der Waals surface area contributed by atoms with E-state index in [0.29, 0.717) is 0 Å². The van der Waals surface area contributed by atoms with Gasteiger partial charge in [0.05, 0.1) is 12.8 Å². The first-order valence-corrected chi connectivity index (χ1v) is 5.58. The van der Waals surface area contributed by atoms with Gasteiger partial charge in [-0.3, -0.25) is 4.98 Å². The molecule has 0 fully saturated rings. The first-order valence-electron chi connectivity index (χ1n) is 5.58. The number of hydrogen-bond donors (Lipinski definition) is 1. The summed E-state index contributed by atoms with van der Waals surface area (Å²) in [6.07, 6.45) is 5.65. The van der Waals surface area contributed by atoms with Crippen molar-refractivity contribution in [2.24, 2.45) is 0 Å². The van der Waals surface area contributed by atoms with Crippen LogP contribution in [-0.4, -0.2) is 11.5 Å². The van der Waals surface area contributed by atoms with E-state index in [0.717, 1.165) is 37.4 Å². The van der Waals surface area contributed by atoms with Crippen LogP contribution in [0.15, 0.2) is 47.2 Å². The van der Waals surface area contributed by atoms with Crippen molar-refractivity contribution in [1.29, 1.82) is 0 Å². The molecule has 0 unspecified atom stereocenters. The zero-order valence-electron chi connectivity index (χ0n) is 9.23. The quantitative estimate of drug-likeness (QED) is 0.753. The molecule has 0 aliphatic rings. The van der Waals surface area contributed by atoms with Crippen LogP contribution in [0, 0.1) is 0 Å². The van der Waals surface area contributed by atoms with E-state index in [1.165, 1.54) is 0 Å². The van der Waals surface area contributed by atoms with E-state index in [4.69, 9.17) is 4.42 Å². The van der Waals surface area contributed by atoms with E-state index >= 15 is 0 Å².